The molecule has 4 nitrogen and oxygen atoms in total. The lowest BCUT2D eigenvalue weighted by Crippen LogP contribution is -2.42. The molecule has 6 heteroatoms. The van der Waals surface area contributed by atoms with Crippen molar-refractivity contribution in [3.05, 3.63) is 29.8 Å². The van der Waals surface area contributed by atoms with Crippen LogP contribution in [0.1, 0.15) is 38.2 Å². The quantitative estimate of drug-likeness (QED) is 0.256. The number of rotatable bonds is 8. The van der Waals surface area contributed by atoms with Crippen molar-refractivity contribution < 1.29 is 4.74 Å². The lowest BCUT2D eigenvalue weighted by molar-refractivity contribution is 0.414. The minimum Gasteiger partial charge on any atom is -0.497 e. The van der Waals surface area contributed by atoms with Crippen LogP contribution in [0.5, 0.6) is 5.75 Å². The van der Waals surface area contributed by atoms with E-state index in [0.717, 1.165) is 42.9 Å². The van der Waals surface area contributed by atoms with Crippen LogP contribution in [0.2, 0.25) is 0 Å². The number of halogens is 1. The van der Waals surface area contributed by atoms with Crippen molar-refractivity contribution >= 4 is 41.7 Å². The third-order valence-electron chi connectivity index (χ3n) is 4.43. The van der Waals surface area contributed by atoms with E-state index in [4.69, 9.17) is 9.73 Å². The Hall–Kier alpha value is -0.630. The largest absolute Gasteiger partial charge is 0.497 e. The molecular weight excluding hydrogens is 445 g/mol. The first-order valence-electron chi connectivity index (χ1n) is 8.95. The van der Waals surface area contributed by atoms with Gasteiger partial charge in [-0.2, -0.15) is 11.8 Å². The van der Waals surface area contributed by atoms with Gasteiger partial charge in [-0.15, -0.1) is 24.0 Å². The van der Waals surface area contributed by atoms with Crippen molar-refractivity contribution in [1.29, 1.82) is 0 Å². The first-order chi connectivity index (χ1) is 11.7. The van der Waals surface area contributed by atoms with Crippen LogP contribution < -0.4 is 15.4 Å². The summed E-state index contributed by atoms with van der Waals surface area (Å²) in [5.74, 6) is 1.89. The Kier molecular flexibility index (Phi) is 11.4. The number of methoxy groups -OCH3 is 1. The summed E-state index contributed by atoms with van der Waals surface area (Å²) in [7, 11) is 1.71. The lowest BCUT2D eigenvalue weighted by atomic mass is 10.1. The van der Waals surface area contributed by atoms with Crippen molar-refractivity contribution in [3.8, 4) is 5.75 Å². The van der Waals surface area contributed by atoms with Crippen LogP contribution in [0.25, 0.3) is 0 Å². The van der Waals surface area contributed by atoms with Crippen molar-refractivity contribution in [2.24, 2.45) is 4.99 Å². The Balaban J connectivity index is 0.00000312. The van der Waals surface area contributed by atoms with Gasteiger partial charge in [-0.05, 0) is 63.0 Å². The van der Waals surface area contributed by atoms with E-state index in [1.54, 1.807) is 7.11 Å². The first kappa shape index (κ1) is 22.4. The molecule has 1 fully saturated rings. The van der Waals surface area contributed by atoms with E-state index in [1.165, 1.54) is 24.8 Å². The maximum absolute atomic E-state index is 5.27. The molecule has 0 amide bonds. The van der Waals surface area contributed by atoms with Gasteiger partial charge in [0.05, 0.1) is 7.11 Å². The minimum absolute atomic E-state index is 0. The highest BCUT2D eigenvalue weighted by molar-refractivity contribution is 14.0. The van der Waals surface area contributed by atoms with Crippen LogP contribution in [-0.2, 0) is 6.42 Å². The Labute approximate surface area is 174 Å². The van der Waals surface area contributed by atoms with E-state index >= 15 is 0 Å². The zero-order chi connectivity index (χ0) is 17.2. The third kappa shape index (κ3) is 8.07. The number of nitrogens with zero attached hydrogens (tertiary/aromatic N) is 1. The van der Waals surface area contributed by atoms with Crippen molar-refractivity contribution in [3.63, 3.8) is 0 Å². The number of nitrogens with one attached hydrogen (secondary N) is 2. The molecule has 1 aliphatic rings. The normalized spacial score (nSPS) is 20.0. The molecule has 0 aromatic heterocycles. The number of hydrogen-bond acceptors (Lipinski definition) is 3. The minimum atomic E-state index is 0. The van der Waals surface area contributed by atoms with Gasteiger partial charge in [-0.25, -0.2) is 0 Å². The zero-order valence-corrected chi connectivity index (χ0v) is 18.7. The second-order valence-electron chi connectivity index (χ2n) is 6.23. The predicted octanol–water partition coefficient (Wildman–Crippen LogP) is 4.09. The molecule has 2 atom stereocenters. The van der Waals surface area contributed by atoms with Gasteiger partial charge in [0.15, 0.2) is 5.96 Å². The van der Waals surface area contributed by atoms with Crippen LogP contribution in [0.4, 0.5) is 0 Å². The topological polar surface area (TPSA) is 45.7 Å². The summed E-state index contributed by atoms with van der Waals surface area (Å²) in [6, 6.07) is 8.85. The number of thioether (sulfide) groups is 1. The summed E-state index contributed by atoms with van der Waals surface area (Å²) in [6.45, 7) is 3.86. The number of hydrogen-bond donors (Lipinski definition) is 2. The Morgan fingerprint density at radius 3 is 2.88 bits per heavy atom. The Morgan fingerprint density at radius 2 is 2.20 bits per heavy atom. The smallest absolute Gasteiger partial charge is 0.191 e. The monoisotopic (exact) mass is 477 g/mol. The molecule has 142 valence electrons. The molecule has 25 heavy (non-hydrogen) atoms. The molecule has 0 heterocycles. The highest BCUT2D eigenvalue weighted by Gasteiger charge is 2.24. The van der Waals surface area contributed by atoms with E-state index in [1.807, 2.05) is 23.9 Å². The van der Waals surface area contributed by atoms with Gasteiger partial charge in [-0.1, -0.05) is 12.1 Å². The van der Waals surface area contributed by atoms with Crippen LogP contribution in [0, 0.1) is 0 Å². The molecule has 1 saturated carbocycles. The van der Waals surface area contributed by atoms with E-state index in [0.29, 0.717) is 6.04 Å². The molecule has 2 N–H and O–H groups in total. The van der Waals surface area contributed by atoms with Crippen molar-refractivity contribution in [2.45, 2.75) is 50.3 Å². The number of benzene rings is 1. The molecule has 0 bridgehead atoms. The van der Waals surface area contributed by atoms with Crippen molar-refractivity contribution in [2.75, 3.05) is 26.5 Å². The van der Waals surface area contributed by atoms with Gasteiger partial charge in [-0.3, -0.25) is 4.99 Å². The fraction of sp³-hybridized carbons (Fsp3) is 0.632. The molecule has 0 radical (unpaired) electrons. The SMILES string of the molecule is CCNC(=NCCCc1cccc(OC)c1)NC1CCC(SC)C1.I. The summed E-state index contributed by atoms with van der Waals surface area (Å²) in [5, 5.41) is 7.78. The highest BCUT2D eigenvalue weighted by Crippen LogP contribution is 2.28. The average Bonchev–Trinajstić information content (AvgIpc) is 3.06. The van der Waals surface area contributed by atoms with Gasteiger partial charge in [0.1, 0.15) is 5.75 Å². The molecule has 1 aliphatic carbocycles. The summed E-state index contributed by atoms with van der Waals surface area (Å²) < 4.78 is 5.27. The maximum atomic E-state index is 5.27. The van der Waals surface area contributed by atoms with E-state index in [-0.39, 0.29) is 24.0 Å². The average molecular weight is 477 g/mol. The number of ether oxygens (including phenoxy) is 1. The van der Waals surface area contributed by atoms with Crippen LogP contribution in [0.15, 0.2) is 29.3 Å². The molecule has 2 unspecified atom stereocenters. The summed E-state index contributed by atoms with van der Waals surface area (Å²) in [4.78, 5) is 4.74. The highest BCUT2D eigenvalue weighted by atomic mass is 127. The second-order valence-corrected chi connectivity index (χ2v) is 7.37. The van der Waals surface area contributed by atoms with Gasteiger partial charge in [0.2, 0.25) is 0 Å². The zero-order valence-electron chi connectivity index (χ0n) is 15.6. The summed E-state index contributed by atoms with van der Waals surface area (Å²) in [6.07, 6.45) is 8.09. The van der Waals surface area contributed by atoms with Gasteiger partial charge >= 0.3 is 0 Å². The van der Waals surface area contributed by atoms with E-state index < -0.39 is 0 Å². The van der Waals surface area contributed by atoms with Crippen molar-refractivity contribution in [1.82, 2.24) is 10.6 Å². The number of aryl methyl sites for hydroxylation is 1. The summed E-state index contributed by atoms with van der Waals surface area (Å²) >= 11 is 1.99. The molecule has 1 aromatic rings. The van der Waals surface area contributed by atoms with Crippen LogP contribution >= 0.6 is 35.7 Å². The first-order valence-corrected chi connectivity index (χ1v) is 10.2. The van der Waals surface area contributed by atoms with E-state index in [9.17, 15) is 0 Å². The fourth-order valence-corrected chi connectivity index (χ4v) is 3.90. The molecule has 0 saturated heterocycles. The van der Waals surface area contributed by atoms with Gasteiger partial charge < -0.3 is 15.4 Å². The molecule has 0 aliphatic heterocycles. The maximum Gasteiger partial charge on any atom is 0.191 e. The lowest BCUT2D eigenvalue weighted by Gasteiger charge is -2.17. The molecule has 2 rings (SSSR count). The second kappa shape index (κ2) is 12.7. The van der Waals surface area contributed by atoms with Crippen LogP contribution in [-0.4, -0.2) is 43.7 Å². The number of aliphatic imine (C=N–C) groups is 1. The number of guanidine groups is 1. The fourth-order valence-electron chi connectivity index (χ4n) is 3.10. The van der Waals surface area contributed by atoms with Crippen LogP contribution in [0.3, 0.4) is 0 Å². The standard InChI is InChI=1S/C19H31N3OS.HI/c1-4-20-19(22-16-10-11-18(14-16)24-3)21-12-6-8-15-7-5-9-17(13-15)23-2;/h5,7,9,13,16,18H,4,6,8,10-12,14H2,1-3H3,(H2,20,21,22);1H. The Bertz CT molecular complexity index is 527. The predicted molar refractivity (Wildman–Crippen MR) is 121 cm³/mol. The summed E-state index contributed by atoms with van der Waals surface area (Å²) in [5.41, 5.74) is 1.31. The molecular formula is C19H32IN3OS. The Morgan fingerprint density at radius 1 is 1.36 bits per heavy atom. The van der Waals surface area contributed by atoms with Gasteiger partial charge in [0.25, 0.3) is 0 Å². The van der Waals surface area contributed by atoms with E-state index in [2.05, 4.69) is 35.9 Å². The molecule has 1 aromatic carbocycles. The molecule has 0 spiro atoms. The van der Waals surface area contributed by atoms with Gasteiger partial charge in [0, 0.05) is 24.4 Å². The third-order valence-corrected chi connectivity index (χ3v) is 5.53.